The number of carbonyl (C=O) groups is 2. The number of hydrogen-bond donors (Lipinski definition) is 3. The van der Waals surface area contributed by atoms with Crippen molar-refractivity contribution in [3.8, 4) is 0 Å². The van der Waals surface area contributed by atoms with Crippen molar-refractivity contribution in [1.82, 2.24) is 10.6 Å². The fourth-order valence-corrected chi connectivity index (χ4v) is 2.63. The molecule has 1 amide bonds. The van der Waals surface area contributed by atoms with Crippen molar-refractivity contribution >= 4 is 11.9 Å². The molecule has 0 saturated carbocycles. The van der Waals surface area contributed by atoms with Crippen LogP contribution in [0.4, 0.5) is 0 Å². The molecule has 5 nitrogen and oxygen atoms in total. The summed E-state index contributed by atoms with van der Waals surface area (Å²) in [4.78, 5) is 23.6. The predicted octanol–water partition coefficient (Wildman–Crippen LogP) is 1.38. The molecule has 1 aliphatic rings. The molecular weight excluding hydrogens is 244 g/mol. The Morgan fingerprint density at radius 3 is 2.53 bits per heavy atom. The molecule has 0 aromatic heterocycles. The van der Waals surface area contributed by atoms with Gasteiger partial charge in [-0.1, -0.05) is 20.8 Å². The average molecular weight is 270 g/mol. The van der Waals surface area contributed by atoms with Crippen LogP contribution in [0, 0.1) is 11.3 Å². The van der Waals surface area contributed by atoms with Crippen LogP contribution >= 0.6 is 0 Å². The molecule has 1 saturated heterocycles. The Morgan fingerprint density at radius 1 is 1.42 bits per heavy atom. The van der Waals surface area contributed by atoms with E-state index in [1.54, 1.807) is 0 Å². The third kappa shape index (κ3) is 4.20. The number of amides is 1. The molecular formula is C14H26N2O3. The highest BCUT2D eigenvalue weighted by Crippen LogP contribution is 2.30. The quantitative estimate of drug-likeness (QED) is 0.681. The van der Waals surface area contributed by atoms with E-state index >= 15 is 0 Å². The normalized spacial score (nSPS) is 25.1. The lowest BCUT2D eigenvalue weighted by molar-refractivity contribution is -0.144. The molecule has 0 radical (unpaired) electrons. The van der Waals surface area contributed by atoms with E-state index < -0.39 is 17.4 Å². The molecule has 1 fully saturated rings. The zero-order valence-corrected chi connectivity index (χ0v) is 12.2. The maximum absolute atomic E-state index is 12.4. The van der Waals surface area contributed by atoms with Crippen molar-refractivity contribution in [3.05, 3.63) is 0 Å². The van der Waals surface area contributed by atoms with E-state index in [0.29, 0.717) is 13.0 Å². The minimum absolute atomic E-state index is 0.116. The molecule has 3 N–H and O–H groups in total. The number of carboxylic acid groups (broad SMARTS) is 1. The second kappa shape index (κ2) is 6.89. The van der Waals surface area contributed by atoms with Gasteiger partial charge in [0.15, 0.2) is 0 Å². The van der Waals surface area contributed by atoms with Gasteiger partial charge in [0.1, 0.15) is 6.04 Å². The SMILES string of the molecule is CCC1(C(=O)N[C@@H](CC(C)C)C(=O)O)CCCNC1. The van der Waals surface area contributed by atoms with Crippen molar-refractivity contribution < 1.29 is 14.7 Å². The van der Waals surface area contributed by atoms with Crippen LogP contribution in [0.15, 0.2) is 0 Å². The Balaban J connectivity index is 2.71. The van der Waals surface area contributed by atoms with Gasteiger partial charge in [0, 0.05) is 6.54 Å². The summed E-state index contributed by atoms with van der Waals surface area (Å²) in [6.45, 7) is 7.48. The first-order valence-corrected chi connectivity index (χ1v) is 7.16. The molecule has 5 heteroatoms. The zero-order chi connectivity index (χ0) is 14.5. The van der Waals surface area contributed by atoms with Gasteiger partial charge in [0.2, 0.25) is 5.91 Å². The number of nitrogens with one attached hydrogen (secondary N) is 2. The van der Waals surface area contributed by atoms with Crippen molar-refractivity contribution in [2.45, 2.75) is 52.5 Å². The monoisotopic (exact) mass is 270 g/mol. The molecule has 1 rings (SSSR count). The molecule has 1 aliphatic heterocycles. The summed E-state index contributed by atoms with van der Waals surface area (Å²) in [6.07, 6.45) is 2.99. The number of carbonyl (C=O) groups excluding carboxylic acids is 1. The van der Waals surface area contributed by atoms with Gasteiger partial charge in [0.25, 0.3) is 0 Å². The largest absolute Gasteiger partial charge is 0.480 e. The van der Waals surface area contributed by atoms with Gasteiger partial charge in [-0.2, -0.15) is 0 Å². The minimum Gasteiger partial charge on any atom is -0.480 e. The second-order valence-electron chi connectivity index (χ2n) is 5.91. The maximum atomic E-state index is 12.4. The molecule has 0 aromatic rings. The maximum Gasteiger partial charge on any atom is 0.326 e. The smallest absolute Gasteiger partial charge is 0.326 e. The van der Waals surface area contributed by atoms with Gasteiger partial charge < -0.3 is 15.7 Å². The van der Waals surface area contributed by atoms with E-state index in [1.807, 2.05) is 20.8 Å². The lowest BCUT2D eigenvalue weighted by Crippen LogP contribution is -2.54. The number of piperidine rings is 1. The highest BCUT2D eigenvalue weighted by Gasteiger charge is 2.39. The number of aliphatic carboxylic acids is 1. The summed E-state index contributed by atoms with van der Waals surface area (Å²) in [7, 11) is 0. The molecule has 2 atom stereocenters. The number of hydrogen-bond acceptors (Lipinski definition) is 3. The van der Waals surface area contributed by atoms with Crippen molar-refractivity contribution in [3.63, 3.8) is 0 Å². The van der Waals surface area contributed by atoms with Gasteiger partial charge in [-0.05, 0) is 38.1 Å². The summed E-state index contributed by atoms with van der Waals surface area (Å²) in [5, 5.41) is 15.2. The van der Waals surface area contributed by atoms with Gasteiger partial charge in [-0.25, -0.2) is 4.79 Å². The molecule has 19 heavy (non-hydrogen) atoms. The number of rotatable bonds is 6. The zero-order valence-electron chi connectivity index (χ0n) is 12.2. The lowest BCUT2D eigenvalue weighted by Gasteiger charge is -2.36. The lowest BCUT2D eigenvalue weighted by atomic mass is 9.77. The molecule has 0 spiro atoms. The van der Waals surface area contributed by atoms with Gasteiger partial charge in [-0.3, -0.25) is 4.79 Å². The first kappa shape index (κ1) is 16.0. The first-order valence-electron chi connectivity index (χ1n) is 7.16. The van der Waals surface area contributed by atoms with Crippen LogP contribution in [-0.2, 0) is 9.59 Å². The number of carboxylic acids is 1. The van der Waals surface area contributed by atoms with Crippen LogP contribution in [0.25, 0.3) is 0 Å². The fourth-order valence-electron chi connectivity index (χ4n) is 2.63. The Bertz CT molecular complexity index is 323. The molecule has 0 aliphatic carbocycles. The van der Waals surface area contributed by atoms with E-state index in [9.17, 15) is 14.7 Å². The van der Waals surface area contributed by atoms with E-state index in [-0.39, 0.29) is 11.8 Å². The highest BCUT2D eigenvalue weighted by molar-refractivity contribution is 5.87. The van der Waals surface area contributed by atoms with Crippen molar-refractivity contribution in [1.29, 1.82) is 0 Å². The Hall–Kier alpha value is -1.10. The predicted molar refractivity (Wildman–Crippen MR) is 73.8 cm³/mol. The topological polar surface area (TPSA) is 78.4 Å². The van der Waals surface area contributed by atoms with E-state index in [4.69, 9.17) is 0 Å². The van der Waals surface area contributed by atoms with Crippen molar-refractivity contribution in [2.75, 3.05) is 13.1 Å². The Morgan fingerprint density at radius 2 is 2.11 bits per heavy atom. The fraction of sp³-hybridized carbons (Fsp3) is 0.857. The van der Waals surface area contributed by atoms with Crippen LogP contribution in [0.3, 0.4) is 0 Å². The summed E-state index contributed by atoms with van der Waals surface area (Å²) in [6, 6.07) is -0.780. The van der Waals surface area contributed by atoms with Crippen LogP contribution in [0.5, 0.6) is 0 Å². The Labute approximate surface area is 115 Å². The van der Waals surface area contributed by atoms with Gasteiger partial charge >= 0.3 is 5.97 Å². The van der Waals surface area contributed by atoms with Gasteiger partial charge in [0.05, 0.1) is 5.41 Å². The van der Waals surface area contributed by atoms with E-state index in [2.05, 4.69) is 10.6 Å². The highest BCUT2D eigenvalue weighted by atomic mass is 16.4. The summed E-state index contributed by atoms with van der Waals surface area (Å²) >= 11 is 0. The van der Waals surface area contributed by atoms with E-state index in [0.717, 1.165) is 25.8 Å². The molecule has 0 aromatic carbocycles. The van der Waals surface area contributed by atoms with Crippen molar-refractivity contribution in [2.24, 2.45) is 11.3 Å². The van der Waals surface area contributed by atoms with Crippen LogP contribution in [0.2, 0.25) is 0 Å². The average Bonchev–Trinajstić information content (AvgIpc) is 2.38. The van der Waals surface area contributed by atoms with Crippen LogP contribution < -0.4 is 10.6 Å². The van der Waals surface area contributed by atoms with Gasteiger partial charge in [-0.15, -0.1) is 0 Å². The summed E-state index contributed by atoms with van der Waals surface area (Å²) in [5.74, 6) is -0.823. The standard InChI is InChI=1S/C14H26N2O3/c1-4-14(6-5-7-15-9-14)13(19)16-11(12(17)18)8-10(2)3/h10-11,15H,4-9H2,1-3H3,(H,16,19)(H,17,18)/t11-,14?/m0/s1. The van der Waals surface area contributed by atoms with Crippen LogP contribution in [0.1, 0.15) is 46.5 Å². The second-order valence-corrected chi connectivity index (χ2v) is 5.91. The molecule has 1 unspecified atom stereocenters. The third-order valence-corrected chi connectivity index (χ3v) is 3.94. The molecule has 0 bridgehead atoms. The van der Waals surface area contributed by atoms with Crippen LogP contribution in [-0.4, -0.2) is 36.1 Å². The first-order chi connectivity index (χ1) is 8.91. The molecule has 1 heterocycles. The Kier molecular flexibility index (Phi) is 5.79. The summed E-state index contributed by atoms with van der Waals surface area (Å²) in [5.41, 5.74) is -0.442. The minimum atomic E-state index is -0.947. The summed E-state index contributed by atoms with van der Waals surface area (Å²) < 4.78 is 0. The third-order valence-electron chi connectivity index (χ3n) is 3.94. The van der Waals surface area contributed by atoms with E-state index in [1.165, 1.54) is 0 Å². The molecule has 110 valence electrons.